The summed E-state index contributed by atoms with van der Waals surface area (Å²) in [6.45, 7) is 5.19. The van der Waals surface area contributed by atoms with Gasteiger partial charge >= 0.3 is 0 Å². The minimum absolute atomic E-state index is 0.102. The minimum Gasteiger partial charge on any atom is -0.504 e. The first kappa shape index (κ1) is 11.6. The van der Waals surface area contributed by atoms with Crippen molar-refractivity contribution in [1.82, 2.24) is 0 Å². The monoisotopic (exact) mass is 208 g/mol. The van der Waals surface area contributed by atoms with Crippen LogP contribution in [0.2, 0.25) is 0 Å². The second kappa shape index (κ2) is 4.34. The molecule has 0 fully saturated rings. The molecular formula is C12H16O3. The first-order valence-electron chi connectivity index (χ1n) is 4.82. The van der Waals surface area contributed by atoms with Crippen molar-refractivity contribution in [2.75, 3.05) is 7.11 Å². The van der Waals surface area contributed by atoms with Gasteiger partial charge in [-0.1, -0.05) is 6.07 Å². The van der Waals surface area contributed by atoms with Crippen LogP contribution >= 0.6 is 0 Å². The van der Waals surface area contributed by atoms with Crippen LogP contribution in [0.1, 0.15) is 23.6 Å². The molecule has 0 saturated carbocycles. The Hall–Kier alpha value is -1.51. The molecule has 0 unspecified atom stereocenters. The molecule has 1 rings (SSSR count). The molecule has 0 radical (unpaired) electrons. The number of phenolic OH excluding ortho intramolecular Hbond substituents is 1. The second-order valence-electron chi connectivity index (χ2n) is 3.74. The first-order valence-corrected chi connectivity index (χ1v) is 4.82. The van der Waals surface area contributed by atoms with Gasteiger partial charge in [-0.2, -0.15) is 0 Å². The zero-order chi connectivity index (χ0) is 11.6. The highest BCUT2D eigenvalue weighted by Crippen LogP contribution is 2.35. The van der Waals surface area contributed by atoms with Crippen LogP contribution in [0.5, 0.6) is 11.5 Å². The SMILES string of the molecule is COc1c(C)c(CC(C)=O)cc(C)c1O. The molecule has 0 aromatic heterocycles. The maximum Gasteiger partial charge on any atom is 0.163 e. The molecule has 0 atom stereocenters. The Labute approximate surface area is 89.7 Å². The molecule has 3 nitrogen and oxygen atoms in total. The van der Waals surface area contributed by atoms with E-state index >= 15 is 0 Å². The van der Waals surface area contributed by atoms with Gasteiger partial charge in [0.15, 0.2) is 11.5 Å². The minimum atomic E-state index is 0.102. The maximum absolute atomic E-state index is 11.1. The molecule has 0 aliphatic rings. The third-order valence-electron chi connectivity index (χ3n) is 2.45. The molecule has 3 heteroatoms. The Kier molecular flexibility index (Phi) is 3.35. The van der Waals surface area contributed by atoms with Crippen LogP contribution in [0.4, 0.5) is 0 Å². The summed E-state index contributed by atoms with van der Waals surface area (Å²) in [6.07, 6.45) is 0.378. The van der Waals surface area contributed by atoms with Crippen molar-refractivity contribution in [3.05, 3.63) is 22.8 Å². The lowest BCUT2D eigenvalue weighted by Crippen LogP contribution is -2.01. The lowest BCUT2D eigenvalue weighted by atomic mass is 9.99. The summed E-state index contributed by atoms with van der Waals surface area (Å²) < 4.78 is 5.12. The molecule has 15 heavy (non-hydrogen) atoms. The van der Waals surface area contributed by atoms with Gasteiger partial charge in [-0.3, -0.25) is 4.79 Å². The van der Waals surface area contributed by atoms with Crippen LogP contribution in [0.25, 0.3) is 0 Å². The number of aromatic hydroxyl groups is 1. The van der Waals surface area contributed by atoms with E-state index in [-0.39, 0.29) is 11.5 Å². The van der Waals surface area contributed by atoms with Gasteiger partial charge in [0.25, 0.3) is 0 Å². The number of benzene rings is 1. The maximum atomic E-state index is 11.1. The van der Waals surface area contributed by atoms with Crippen LogP contribution in [-0.2, 0) is 11.2 Å². The highest BCUT2D eigenvalue weighted by atomic mass is 16.5. The number of hydrogen-bond acceptors (Lipinski definition) is 3. The number of ether oxygens (including phenoxy) is 1. The van der Waals surface area contributed by atoms with Gasteiger partial charge in [-0.05, 0) is 37.5 Å². The fourth-order valence-corrected chi connectivity index (χ4v) is 1.64. The molecule has 0 heterocycles. The van der Waals surface area contributed by atoms with E-state index in [1.807, 2.05) is 13.0 Å². The molecule has 0 saturated heterocycles. The lowest BCUT2D eigenvalue weighted by molar-refractivity contribution is -0.116. The summed E-state index contributed by atoms with van der Waals surface area (Å²) >= 11 is 0. The standard InChI is InChI=1S/C12H16O3/c1-7-5-10(6-8(2)13)9(3)12(15-4)11(7)14/h5,14H,6H2,1-4H3. The van der Waals surface area contributed by atoms with E-state index in [1.54, 1.807) is 13.8 Å². The number of Topliss-reactive ketones (excluding diaryl/α,β-unsaturated/α-hetero) is 1. The molecule has 1 aromatic carbocycles. The van der Waals surface area contributed by atoms with Crippen molar-refractivity contribution in [3.63, 3.8) is 0 Å². The number of hydrogen-bond donors (Lipinski definition) is 1. The molecule has 0 amide bonds. The molecule has 0 aliphatic heterocycles. The first-order chi connectivity index (χ1) is 6.97. The van der Waals surface area contributed by atoms with E-state index in [4.69, 9.17) is 4.74 Å². The van der Waals surface area contributed by atoms with E-state index in [0.29, 0.717) is 12.2 Å². The number of rotatable bonds is 3. The summed E-state index contributed by atoms with van der Waals surface area (Å²) in [6, 6.07) is 1.83. The number of carbonyl (C=O) groups is 1. The largest absolute Gasteiger partial charge is 0.504 e. The molecule has 0 aliphatic carbocycles. The Morgan fingerprint density at radius 1 is 1.47 bits per heavy atom. The molecule has 1 aromatic rings. The lowest BCUT2D eigenvalue weighted by Gasteiger charge is -2.13. The van der Waals surface area contributed by atoms with Gasteiger partial charge in [-0.15, -0.1) is 0 Å². The van der Waals surface area contributed by atoms with E-state index in [2.05, 4.69) is 0 Å². The third-order valence-corrected chi connectivity index (χ3v) is 2.45. The number of ketones is 1. The van der Waals surface area contributed by atoms with Crippen molar-refractivity contribution >= 4 is 5.78 Å². The zero-order valence-electron chi connectivity index (χ0n) is 9.55. The van der Waals surface area contributed by atoms with Crippen molar-refractivity contribution in [2.45, 2.75) is 27.2 Å². The molecule has 0 bridgehead atoms. The topological polar surface area (TPSA) is 46.5 Å². The van der Waals surface area contributed by atoms with Crippen LogP contribution in [-0.4, -0.2) is 18.0 Å². The van der Waals surface area contributed by atoms with Gasteiger partial charge < -0.3 is 9.84 Å². The Morgan fingerprint density at radius 3 is 2.53 bits per heavy atom. The number of aryl methyl sites for hydroxylation is 1. The van der Waals surface area contributed by atoms with E-state index in [1.165, 1.54) is 7.11 Å². The molecule has 82 valence electrons. The number of phenols is 1. The van der Waals surface area contributed by atoms with E-state index < -0.39 is 0 Å². The molecule has 0 spiro atoms. The van der Waals surface area contributed by atoms with Gasteiger partial charge in [0, 0.05) is 6.42 Å². The van der Waals surface area contributed by atoms with Gasteiger partial charge in [0.1, 0.15) is 5.78 Å². The summed E-state index contributed by atoms with van der Waals surface area (Å²) in [5.41, 5.74) is 2.47. The Bertz CT molecular complexity index is 394. The summed E-state index contributed by atoms with van der Waals surface area (Å²) in [7, 11) is 1.51. The summed E-state index contributed by atoms with van der Waals surface area (Å²) in [5.74, 6) is 0.721. The molecular weight excluding hydrogens is 192 g/mol. The fourth-order valence-electron chi connectivity index (χ4n) is 1.64. The van der Waals surface area contributed by atoms with Gasteiger partial charge in [0.05, 0.1) is 7.11 Å². The number of carbonyl (C=O) groups excluding carboxylic acids is 1. The highest BCUT2D eigenvalue weighted by molar-refractivity contribution is 5.79. The predicted octanol–water partition coefficient (Wildman–Crippen LogP) is 2.15. The predicted molar refractivity (Wildman–Crippen MR) is 58.5 cm³/mol. The highest BCUT2D eigenvalue weighted by Gasteiger charge is 2.13. The smallest absolute Gasteiger partial charge is 0.163 e. The average Bonchev–Trinajstić information content (AvgIpc) is 2.14. The zero-order valence-corrected chi connectivity index (χ0v) is 9.55. The summed E-state index contributed by atoms with van der Waals surface area (Å²) in [4.78, 5) is 11.1. The molecule has 1 N–H and O–H groups in total. The van der Waals surface area contributed by atoms with Crippen molar-refractivity contribution in [3.8, 4) is 11.5 Å². The van der Waals surface area contributed by atoms with Crippen LogP contribution in [0.15, 0.2) is 6.07 Å². The van der Waals surface area contributed by atoms with Crippen molar-refractivity contribution in [2.24, 2.45) is 0 Å². The Balaban J connectivity index is 3.30. The van der Waals surface area contributed by atoms with E-state index in [9.17, 15) is 9.90 Å². The normalized spacial score (nSPS) is 10.1. The van der Waals surface area contributed by atoms with Crippen molar-refractivity contribution in [1.29, 1.82) is 0 Å². The van der Waals surface area contributed by atoms with Crippen LogP contribution in [0.3, 0.4) is 0 Å². The Morgan fingerprint density at radius 2 is 2.07 bits per heavy atom. The summed E-state index contributed by atoms with van der Waals surface area (Å²) in [5, 5.41) is 9.73. The fraction of sp³-hybridized carbons (Fsp3) is 0.417. The van der Waals surface area contributed by atoms with Crippen LogP contribution < -0.4 is 4.74 Å². The number of methoxy groups -OCH3 is 1. The van der Waals surface area contributed by atoms with E-state index in [0.717, 1.165) is 16.7 Å². The third kappa shape index (κ3) is 2.29. The van der Waals surface area contributed by atoms with Crippen molar-refractivity contribution < 1.29 is 14.6 Å². The van der Waals surface area contributed by atoms with Gasteiger partial charge in [-0.25, -0.2) is 0 Å². The quantitative estimate of drug-likeness (QED) is 0.827. The average molecular weight is 208 g/mol. The van der Waals surface area contributed by atoms with Gasteiger partial charge in [0.2, 0.25) is 0 Å². The van der Waals surface area contributed by atoms with Crippen LogP contribution in [0, 0.1) is 13.8 Å². The second-order valence-corrected chi connectivity index (χ2v) is 3.74.